The number of para-hydroxylation sites is 1. The quantitative estimate of drug-likeness (QED) is 0.373. The molecular formula is C18H15BrN8S. The van der Waals surface area contributed by atoms with Crippen molar-refractivity contribution >= 4 is 45.3 Å². The summed E-state index contributed by atoms with van der Waals surface area (Å²) in [4.78, 5) is 17.3. The van der Waals surface area contributed by atoms with E-state index in [4.69, 9.17) is 5.73 Å². The predicted octanol–water partition coefficient (Wildman–Crippen LogP) is 4.04. The molecule has 2 aromatic carbocycles. The second-order valence-electron chi connectivity index (χ2n) is 5.66. The van der Waals surface area contributed by atoms with Gasteiger partial charge in [-0.1, -0.05) is 64.1 Å². The third-order valence-corrected chi connectivity index (χ3v) is 5.19. The Kier molecular flexibility index (Phi) is 5.49. The SMILES string of the molecule is Nc1nc(CSc2n[nH]c(-c3ccccc3Br)n2)nc(Nc2ccccc2)n1. The molecule has 4 N–H and O–H groups in total. The second-order valence-corrected chi connectivity index (χ2v) is 7.46. The Morgan fingerprint density at radius 3 is 2.57 bits per heavy atom. The van der Waals surface area contributed by atoms with Crippen molar-refractivity contribution in [2.24, 2.45) is 0 Å². The molecule has 0 spiro atoms. The van der Waals surface area contributed by atoms with Gasteiger partial charge in [-0.05, 0) is 18.2 Å². The maximum absolute atomic E-state index is 5.82. The van der Waals surface area contributed by atoms with Gasteiger partial charge in [0.05, 0.1) is 5.75 Å². The highest BCUT2D eigenvalue weighted by atomic mass is 79.9. The molecule has 8 nitrogen and oxygen atoms in total. The summed E-state index contributed by atoms with van der Waals surface area (Å²) in [5.41, 5.74) is 7.64. The minimum Gasteiger partial charge on any atom is -0.368 e. The van der Waals surface area contributed by atoms with Crippen LogP contribution >= 0.6 is 27.7 Å². The van der Waals surface area contributed by atoms with Gasteiger partial charge in [0, 0.05) is 15.7 Å². The largest absolute Gasteiger partial charge is 0.368 e. The van der Waals surface area contributed by atoms with Crippen molar-refractivity contribution in [3.8, 4) is 11.4 Å². The lowest BCUT2D eigenvalue weighted by Crippen LogP contribution is -2.06. The highest BCUT2D eigenvalue weighted by Crippen LogP contribution is 2.27. The first-order valence-corrected chi connectivity index (χ1v) is 10.1. The smallest absolute Gasteiger partial charge is 0.232 e. The van der Waals surface area contributed by atoms with Gasteiger partial charge in [-0.3, -0.25) is 5.10 Å². The molecule has 28 heavy (non-hydrogen) atoms. The number of anilines is 3. The minimum absolute atomic E-state index is 0.160. The van der Waals surface area contributed by atoms with Crippen LogP contribution in [0.1, 0.15) is 5.82 Å². The van der Waals surface area contributed by atoms with Crippen LogP contribution in [0.15, 0.2) is 64.2 Å². The third kappa shape index (κ3) is 4.46. The van der Waals surface area contributed by atoms with E-state index in [1.165, 1.54) is 11.8 Å². The number of hydrogen-bond donors (Lipinski definition) is 3. The summed E-state index contributed by atoms with van der Waals surface area (Å²) in [7, 11) is 0. The molecule has 0 bridgehead atoms. The number of nitrogens with two attached hydrogens (primary N) is 1. The van der Waals surface area contributed by atoms with E-state index in [1.807, 2.05) is 54.6 Å². The van der Waals surface area contributed by atoms with Gasteiger partial charge >= 0.3 is 0 Å². The van der Waals surface area contributed by atoms with E-state index in [0.717, 1.165) is 15.7 Å². The Morgan fingerprint density at radius 2 is 1.75 bits per heavy atom. The molecule has 0 aliphatic rings. The van der Waals surface area contributed by atoms with Gasteiger partial charge in [-0.25, -0.2) is 4.98 Å². The van der Waals surface area contributed by atoms with Gasteiger partial charge in [-0.15, -0.1) is 5.10 Å². The lowest BCUT2D eigenvalue weighted by Gasteiger charge is -2.06. The van der Waals surface area contributed by atoms with E-state index in [-0.39, 0.29) is 5.95 Å². The molecule has 0 aliphatic carbocycles. The zero-order valence-corrected chi connectivity index (χ0v) is 16.9. The number of thioether (sulfide) groups is 1. The molecular weight excluding hydrogens is 440 g/mol. The maximum Gasteiger partial charge on any atom is 0.232 e. The van der Waals surface area contributed by atoms with Crippen LogP contribution in [0.4, 0.5) is 17.6 Å². The Labute approximate surface area is 173 Å². The number of aromatic nitrogens is 6. The van der Waals surface area contributed by atoms with E-state index >= 15 is 0 Å². The first kappa shape index (κ1) is 18.4. The summed E-state index contributed by atoms with van der Waals surface area (Å²) >= 11 is 4.93. The average Bonchev–Trinajstić information content (AvgIpc) is 3.16. The summed E-state index contributed by atoms with van der Waals surface area (Å²) in [6, 6.07) is 17.5. The van der Waals surface area contributed by atoms with Crippen molar-refractivity contribution in [2.75, 3.05) is 11.1 Å². The molecule has 4 aromatic rings. The molecule has 0 radical (unpaired) electrons. The third-order valence-electron chi connectivity index (χ3n) is 3.65. The number of benzene rings is 2. The normalized spacial score (nSPS) is 10.8. The van der Waals surface area contributed by atoms with Crippen LogP contribution in [-0.4, -0.2) is 30.1 Å². The van der Waals surface area contributed by atoms with Crippen LogP contribution in [0.5, 0.6) is 0 Å². The zero-order chi connectivity index (χ0) is 19.3. The lowest BCUT2D eigenvalue weighted by atomic mass is 10.2. The summed E-state index contributed by atoms with van der Waals surface area (Å²) in [6.07, 6.45) is 0. The minimum atomic E-state index is 0.160. The van der Waals surface area contributed by atoms with E-state index < -0.39 is 0 Å². The molecule has 0 unspecified atom stereocenters. The van der Waals surface area contributed by atoms with Gasteiger partial charge in [0.1, 0.15) is 5.82 Å². The van der Waals surface area contributed by atoms with Gasteiger partial charge in [-0.2, -0.15) is 15.0 Å². The van der Waals surface area contributed by atoms with E-state index in [2.05, 4.69) is 51.4 Å². The van der Waals surface area contributed by atoms with Crippen molar-refractivity contribution in [3.63, 3.8) is 0 Å². The highest BCUT2D eigenvalue weighted by molar-refractivity contribution is 9.10. The Morgan fingerprint density at radius 1 is 0.964 bits per heavy atom. The fourth-order valence-corrected chi connectivity index (χ4v) is 3.55. The van der Waals surface area contributed by atoms with Crippen LogP contribution in [0, 0.1) is 0 Å². The number of nitrogen functional groups attached to an aromatic ring is 1. The van der Waals surface area contributed by atoms with Gasteiger partial charge in [0.25, 0.3) is 0 Å². The molecule has 0 aliphatic heterocycles. The Hall–Kier alpha value is -2.98. The van der Waals surface area contributed by atoms with Gasteiger partial charge in [0.2, 0.25) is 17.1 Å². The topological polar surface area (TPSA) is 118 Å². The molecule has 0 saturated carbocycles. The molecule has 4 rings (SSSR count). The molecule has 0 atom stereocenters. The average molecular weight is 455 g/mol. The van der Waals surface area contributed by atoms with Crippen molar-refractivity contribution in [1.82, 2.24) is 30.1 Å². The van der Waals surface area contributed by atoms with Crippen LogP contribution in [0.2, 0.25) is 0 Å². The van der Waals surface area contributed by atoms with Crippen LogP contribution in [0.25, 0.3) is 11.4 Å². The number of rotatable bonds is 6. The maximum atomic E-state index is 5.82. The molecule has 2 heterocycles. The number of nitrogens with zero attached hydrogens (tertiary/aromatic N) is 5. The van der Waals surface area contributed by atoms with Crippen molar-refractivity contribution in [3.05, 3.63) is 64.9 Å². The Bertz CT molecular complexity index is 1090. The fraction of sp³-hybridized carbons (Fsp3) is 0.0556. The zero-order valence-electron chi connectivity index (χ0n) is 14.5. The summed E-state index contributed by atoms with van der Waals surface area (Å²) in [5, 5.41) is 10.9. The van der Waals surface area contributed by atoms with Crippen molar-refractivity contribution < 1.29 is 0 Å². The van der Waals surface area contributed by atoms with E-state index in [1.54, 1.807) is 0 Å². The van der Waals surface area contributed by atoms with E-state index in [9.17, 15) is 0 Å². The number of halogens is 1. The van der Waals surface area contributed by atoms with E-state index in [0.29, 0.717) is 28.5 Å². The predicted molar refractivity (Wildman–Crippen MR) is 113 cm³/mol. The summed E-state index contributed by atoms with van der Waals surface area (Å²) in [6.45, 7) is 0. The van der Waals surface area contributed by atoms with Crippen molar-refractivity contribution in [2.45, 2.75) is 10.9 Å². The Balaban J connectivity index is 1.46. The molecule has 2 aromatic heterocycles. The molecule has 140 valence electrons. The number of nitrogens with one attached hydrogen (secondary N) is 2. The first-order chi connectivity index (χ1) is 13.7. The fourth-order valence-electron chi connectivity index (χ4n) is 2.42. The molecule has 0 saturated heterocycles. The van der Waals surface area contributed by atoms with Crippen LogP contribution < -0.4 is 11.1 Å². The first-order valence-electron chi connectivity index (χ1n) is 8.30. The monoisotopic (exact) mass is 454 g/mol. The van der Waals surface area contributed by atoms with Gasteiger partial charge in [0.15, 0.2) is 5.82 Å². The number of hydrogen-bond acceptors (Lipinski definition) is 8. The standard InChI is InChI=1S/C18H15BrN8S/c19-13-9-5-4-8-12(13)15-24-18(27-26-15)28-10-14-22-16(20)25-17(23-14)21-11-6-2-1-3-7-11/h1-9H,10H2,(H,24,26,27)(H3,20,21,22,23,25). The second kappa shape index (κ2) is 8.36. The van der Waals surface area contributed by atoms with Crippen LogP contribution in [-0.2, 0) is 5.75 Å². The molecule has 0 fully saturated rings. The number of H-pyrrole nitrogens is 1. The number of aromatic amines is 1. The van der Waals surface area contributed by atoms with Gasteiger partial charge < -0.3 is 11.1 Å². The van der Waals surface area contributed by atoms with Crippen molar-refractivity contribution in [1.29, 1.82) is 0 Å². The summed E-state index contributed by atoms with van der Waals surface area (Å²) < 4.78 is 0.949. The lowest BCUT2D eigenvalue weighted by molar-refractivity contribution is 0.955. The van der Waals surface area contributed by atoms with Crippen LogP contribution in [0.3, 0.4) is 0 Å². The molecule has 0 amide bonds. The molecule has 10 heteroatoms. The highest BCUT2D eigenvalue weighted by Gasteiger charge is 2.11. The summed E-state index contributed by atoms with van der Waals surface area (Å²) in [5.74, 6) is 2.26.